The predicted molar refractivity (Wildman–Crippen MR) is 88.9 cm³/mol. The van der Waals surface area contributed by atoms with Crippen molar-refractivity contribution in [1.82, 2.24) is 4.98 Å². The van der Waals surface area contributed by atoms with Crippen LogP contribution < -0.4 is 0 Å². The maximum Gasteiger partial charge on any atom is 0.303 e. The Labute approximate surface area is 131 Å². The molecule has 0 saturated carbocycles. The highest BCUT2D eigenvalue weighted by Gasteiger charge is 2.04. The van der Waals surface area contributed by atoms with Crippen LogP contribution in [0.15, 0.2) is 30.5 Å². The van der Waals surface area contributed by atoms with Gasteiger partial charge in [0.1, 0.15) is 6.54 Å². The normalized spacial score (nSPS) is 11.1. The second-order valence-corrected chi connectivity index (χ2v) is 6.34. The molecule has 0 saturated heterocycles. The van der Waals surface area contributed by atoms with Crippen molar-refractivity contribution in [3.63, 3.8) is 0 Å². The molecule has 1 aromatic heterocycles. The smallest absolute Gasteiger partial charge is 0.303 e. The number of aromatic nitrogens is 1. The first kappa shape index (κ1) is 18.2. The summed E-state index contributed by atoms with van der Waals surface area (Å²) in [4.78, 5) is 13.6. The molecule has 1 heterocycles. The summed E-state index contributed by atoms with van der Waals surface area (Å²) in [7, 11) is 6.16. The van der Waals surface area contributed by atoms with E-state index in [0.717, 1.165) is 23.0 Å². The third-order valence-electron chi connectivity index (χ3n) is 3.28. The largest absolute Gasteiger partial charge is 0.481 e. The van der Waals surface area contributed by atoms with Gasteiger partial charge in [-0.15, -0.1) is 0 Å². The number of carboxylic acids is 1. The molecule has 0 fully saturated rings. The van der Waals surface area contributed by atoms with E-state index in [2.05, 4.69) is 32.2 Å². The average molecular weight is 307 g/mol. The molecule has 0 radical (unpaired) electrons. The predicted octanol–water partition coefficient (Wildman–Crippen LogP) is 2.26. The molecule has 22 heavy (non-hydrogen) atoms. The molecule has 5 nitrogen and oxygen atoms in total. The van der Waals surface area contributed by atoms with E-state index in [0.29, 0.717) is 6.42 Å². The molecule has 3 N–H and O–H groups in total. The lowest BCUT2D eigenvalue weighted by Gasteiger charge is -2.21. The van der Waals surface area contributed by atoms with Gasteiger partial charge >= 0.3 is 5.97 Å². The van der Waals surface area contributed by atoms with Crippen LogP contribution in [-0.2, 0) is 11.2 Å². The number of rotatable bonds is 6. The fraction of sp³-hybridized carbons (Fsp3) is 0.471. The van der Waals surface area contributed by atoms with Gasteiger partial charge in [0.05, 0.1) is 27.7 Å². The van der Waals surface area contributed by atoms with Crippen LogP contribution in [0, 0.1) is 0 Å². The zero-order valence-electron chi connectivity index (χ0n) is 13.7. The highest BCUT2D eigenvalue weighted by Crippen LogP contribution is 2.19. The number of nitrogens with zero attached hydrogens (tertiary/aromatic N) is 1. The van der Waals surface area contributed by atoms with Crippen LogP contribution in [0.3, 0.4) is 0 Å². The molecule has 0 aliphatic carbocycles. The molecule has 5 heteroatoms. The number of aliphatic hydroxyl groups is 1. The molecule has 122 valence electrons. The molecule has 0 atom stereocenters. The third kappa shape index (κ3) is 6.74. The van der Waals surface area contributed by atoms with Gasteiger partial charge in [-0.25, -0.2) is 0 Å². The number of aromatic amines is 1. The second-order valence-electron chi connectivity index (χ2n) is 6.34. The van der Waals surface area contributed by atoms with Gasteiger partial charge in [-0.1, -0.05) is 18.2 Å². The van der Waals surface area contributed by atoms with Gasteiger partial charge < -0.3 is 19.7 Å². The van der Waals surface area contributed by atoms with Crippen LogP contribution >= 0.6 is 0 Å². The Bertz CT molecular complexity index is 585. The molecule has 0 amide bonds. The van der Waals surface area contributed by atoms with Gasteiger partial charge in [-0.3, -0.25) is 4.79 Å². The zero-order valence-corrected chi connectivity index (χ0v) is 13.7. The van der Waals surface area contributed by atoms with Crippen LogP contribution in [0.2, 0.25) is 0 Å². The number of aliphatic carboxylic acids is 1. The first-order chi connectivity index (χ1) is 10.3. The molecular formula is C17H27N2O3+. The highest BCUT2D eigenvalue weighted by molar-refractivity contribution is 5.83. The molecule has 1 aromatic carbocycles. The van der Waals surface area contributed by atoms with E-state index in [-0.39, 0.29) is 13.0 Å². The van der Waals surface area contributed by atoms with Crippen molar-refractivity contribution in [2.45, 2.75) is 19.3 Å². The topological polar surface area (TPSA) is 73.3 Å². The summed E-state index contributed by atoms with van der Waals surface area (Å²) in [6, 6.07) is 8.06. The number of carbonyl (C=O) groups is 1. The zero-order chi connectivity index (χ0) is 16.6. The van der Waals surface area contributed by atoms with Gasteiger partial charge in [-0.05, 0) is 24.5 Å². The summed E-state index contributed by atoms with van der Waals surface area (Å²) >= 11 is 0. The third-order valence-corrected chi connectivity index (χ3v) is 3.28. The monoisotopic (exact) mass is 307 g/mol. The minimum absolute atomic E-state index is 0.236. The lowest BCUT2D eigenvalue weighted by atomic mass is 10.1. The summed E-state index contributed by atoms with van der Waals surface area (Å²) in [5.74, 6) is -0.727. The number of quaternary nitrogens is 1. The minimum atomic E-state index is -0.727. The fourth-order valence-electron chi connectivity index (χ4n) is 2.07. The molecule has 0 spiro atoms. The summed E-state index contributed by atoms with van der Waals surface area (Å²) in [6.07, 6.45) is 3.71. The number of fused-ring (bicyclic) bond motifs is 1. The van der Waals surface area contributed by atoms with Crippen molar-refractivity contribution in [2.24, 2.45) is 0 Å². The Morgan fingerprint density at radius 2 is 1.91 bits per heavy atom. The van der Waals surface area contributed by atoms with Crippen molar-refractivity contribution >= 4 is 16.9 Å². The number of H-pyrrole nitrogens is 1. The fourth-order valence-corrected chi connectivity index (χ4v) is 2.07. The van der Waals surface area contributed by atoms with Gasteiger partial charge in [0.2, 0.25) is 0 Å². The first-order valence-electron chi connectivity index (χ1n) is 7.51. The number of benzene rings is 1. The first-order valence-corrected chi connectivity index (χ1v) is 7.51. The lowest BCUT2D eigenvalue weighted by molar-refractivity contribution is -0.870. The van der Waals surface area contributed by atoms with Crippen molar-refractivity contribution in [3.8, 4) is 0 Å². The Balaban J connectivity index is 0.000000295. The Kier molecular flexibility index (Phi) is 7.08. The van der Waals surface area contributed by atoms with Crippen LogP contribution in [-0.4, -0.2) is 59.9 Å². The van der Waals surface area contributed by atoms with Crippen LogP contribution in [0.1, 0.15) is 18.4 Å². The number of hydrogen-bond donors (Lipinski definition) is 3. The van der Waals surface area contributed by atoms with Gasteiger partial charge in [-0.2, -0.15) is 0 Å². The van der Waals surface area contributed by atoms with Crippen molar-refractivity contribution in [2.75, 3.05) is 34.3 Å². The van der Waals surface area contributed by atoms with Crippen molar-refractivity contribution < 1.29 is 19.5 Å². The van der Waals surface area contributed by atoms with E-state index in [1.54, 1.807) is 0 Å². The van der Waals surface area contributed by atoms with Crippen molar-refractivity contribution in [1.29, 1.82) is 0 Å². The number of likely N-dealkylation sites (N-methyl/N-ethyl adjacent to an activating group) is 1. The number of aryl methyl sites for hydroxylation is 1. The number of nitrogens with one attached hydrogen (secondary N) is 1. The highest BCUT2D eigenvalue weighted by atomic mass is 16.4. The van der Waals surface area contributed by atoms with E-state index in [1.807, 2.05) is 24.4 Å². The number of carboxylic acid groups (broad SMARTS) is 1. The molecule has 0 bridgehead atoms. The van der Waals surface area contributed by atoms with Gasteiger partial charge in [0.25, 0.3) is 0 Å². The van der Waals surface area contributed by atoms with E-state index in [4.69, 9.17) is 10.2 Å². The number of para-hydroxylation sites is 1. The number of aliphatic hydroxyl groups excluding tert-OH is 1. The Morgan fingerprint density at radius 3 is 2.45 bits per heavy atom. The summed E-state index contributed by atoms with van der Waals surface area (Å²) in [5, 5.41) is 18.1. The quantitative estimate of drug-likeness (QED) is 0.717. The van der Waals surface area contributed by atoms with Crippen LogP contribution in [0.5, 0.6) is 0 Å². The average Bonchev–Trinajstić information content (AvgIpc) is 2.81. The maximum atomic E-state index is 10.4. The molecular weight excluding hydrogens is 280 g/mol. The van der Waals surface area contributed by atoms with E-state index in [1.165, 1.54) is 10.9 Å². The molecule has 0 aliphatic heterocycles. The van der Waals surface area contributed by atoms with Gasteiger partial charge in [0.15, 0.2) is 0 Å². The Hall–Kier alpha value is -1.85. The minimum Gasteiger partial charge on any atom is -0.481 e. The van der Waals surface area contributed by atoms with E-state index < -0.39 is 5.97 Å². The summed E-state index contributed by atoms with van der Waals surface area (Å²) in [5.41, 5.74) is 2.31. The molecule has 0 unspecified atom stereocenters. The van der Waals surface area contributed by atoms with Crippen LogP contribution in [0.25, 0.3) is 10.9 Å². The molecule has 0 aliphatic rings. The van der Waals surface area contributed by atoms with Crippen LogP contribution in [0.4, 0.5) is 0 Å². The summed E-state index contributed by atoms with van der Waals surface area (Å²) in [6.45, 7) is 1.11. The summed E-state index contributed by atoms with van der Waals surface area (Å²) < 4.78 is 0.844. The Morgan fingerprint density at radius 1 is 1.23 bits per heavy atom. The second kappa shape index (κ2) is 8.56. The standard InChI is InChI=1S/C12H13NO2.C5H14NO/c14-12(15)7-3-4-9-8-13-11-6-2-1-5-10(9)11;1-6(2,3)4-5-7/h1-2,5-6,8,13H,3-4,7H2,(H,14,15);7H,4-5H2,1-3H3/q;+1. The molecule has 2 aromatic rings. The lowest BCUT2D eigenvalue weighted by Crippen LogP contribution is -2.36. The maximum absolute atomic E-state index is 10.4. The van der Waals surface area contributed by atoms with Gasteiger partial charge in [0, 0.05) is 23.5 Å². The van der Waals surface area contributed by atoms with E-state index in [9.17, 15) is 4.79 Å². The molecule has 2 rings (SSSR count). The SMILES string of the molecule is C[N+](C)(C)CCO.O=C(O)CCCc1c[nH]c2ccccc12. The van der Waals surface area contributed by atoms with E-state index >= 15 is 0 Å². The van der Waals surface area contributed by atoms with Crippen molar-refractivity contribution in [3.05, 3.63) is 36.0 Å². The number of hydrogen-bond acceptors (Lipinski definition) is 2.